The molecule has 0 aromatic rings. The van der Waals surface area contributed by atoms with E-state index < -0.39 is 0 Å². The number of nitrogens with one attached hydrogen (secondary N) is 2. The van der Waals surface area contributed by atoms with E-state index in [-0.39, 0.29) is 11.9 Å². The number of likely N-dealkylation sites (tertiary alicyclic amines) is 1. The lowest BCUT2D eigenvalue weighted by atomic mass is 9.77. The summed E-state index contributed by atoms with van der Waals surface area (Å²) in [5, 5.41) is 5.04. The van der Waals surface area contributed by atoms with Gasteiger partial charge in [-0.2, -0.15) is 0 Å². The highest BCUT2D eigenvalue weighted by atomic mass is 16.2. The normalized spacial score (nSPS) is 20.7. The molecule has 5 nitrogen and oxygen atoms in total. The first kappa shape index (κ1) is 18.0. The second-order valence-electron chi connectivity index (χ2n) is 7.07. The van der Waals surface area contributed by atoms with Gasteiger partial charge >= 0.3 is 6.03 Å². The van der Waals surface area contributed by atoms with Crippen molar-refractivity contribution in [1.82, 2.24) is 15.5 Å². The quantitative estimate of drug-likeness (QED) is 0.837. The Morgan fingerprint density at radius 3 is 2.52 bits per heavy atom. The number of urea groups is 1. The second-order valence-corrected chi connectivity index (χ2v) is 7.07. The maximum absolute atomic E-state index is 11.9. The molecule has 21 heavy (non-hydrogen) atoms. The number of amides is 3. The Labute approximate surface area is 128 Å². The Morgan fingerprint density at radius 1 is 1.19 bits per heavy atom. The minimum Gasteiger partial charge on any atom is -0.338 e. The fraction of sp³-hybridized carbons (Fsp3) is 0.875. The number of carbonyl (C=O) groups excluding carboxylic acids is 2. The van der Waals surface area contributed by atoms with E-state index in [0.29, 0.717) is 24.4 Å². The van der Waals surface area contributed by atoms with Gasteiger partial charge in [0.2, 0.25) is 5.91 Å². The first-order chi connectivity index (χ1) is 9.82. The van der Waals surface area contributed by atoms with E-state index in [1.807, 2.05) is 6.92 Å². The van der Waals surface area contributed by atoms with Crippen molar-refractivity contribution in [1.29, 1.82) is 0 Å². The number of nitrogens with zero attached hydrogens (tertiary/aromatic N) is 1. The molecule has 0 saturated carbocycles. The Hall–Kier alpha value is -1.10. The predicted molar refractivity (Wildman–Crippen MR) is 85.1 cm³/mol. The third-order valence-corrected chi connectivity index (χ3v) is 4.20. The van der Waals surface area contributed by atoms with Crippen LogP contribution in [0, 0.1) is 11.3 Å². The van der Waals surface area contributed by atoms with Gasteiger partial charge in [0.25, 0.3) is 0 Å². The highest BCUT2D eigenvalue weighted by molar-refractivity contribution is 5.95. The van der Waals surface area contributed by atoms with Gasteiger partial charge in [0.05, 0.1) is 6.54 Å². The van der Waals surface area contributed by atoms with E-state index in [4.69, 9.17) is 0 Å². The van der Waals surface area contributed by atoms with Gasteiger partial charge in [-0.05, 0) is 50.1 Å². The van der Waals surface area contributed by atoms with E-state index >= 15 is 0 Å². The van der Waals surface area contributed by atoms with Crippen LogP contribution in [0.25, 0.3) is 0 Å². The first-order valence-electron chi connectivity index (χ1n) is 8.13. The minimum absolute atomic E-state index is 0.210. The molecule has 0 spiro atoms. The van der Waals surface area contributed by atoms with Crippen LogP contribution in [0.15, 0.2) is 0 Å². The zero-order valence-electron chi connectivity index (χ0n) is 14.0. The van der Waals surface area contributed by atoms with Gasteiger partial charge in [-0.15, -0.1) is 0 Å². The van der Waals surface area contributed by atoms with Crippen molar-refractivity contribution in [3.63, 3.8) is 0 Å². The molecule has 1 rings (SSSR count). The highest BCUT2D eigenvalue weighted by Gasteiger charge is 2.27. The highest BCUT2D eigenvalue weighted by Crippen LogP contribution is 2.34. The van der Waals surface area contributed by atoms with Crippen LogP contribution in [0.1, 0.15) is 53.4 Å². The van der Waals surface area contributed by atoms with Crippen molar-refractivity contribution in [2.24, 2.45) is 11.3 Å². The summed E-state index contributed by atoms with van der Waals surface area (Å²) in [5.41, 5.74) is 0.332. The van der Waals surface area contributed by atoms with Crippen molar-refractivity contribution in [3.8, 4) is 0 Å². The molecule has 1 aliphatic heterocycles. The molecule has 1 fully saturated rings. The molecule has 5 heteroatoms. The summed E-state index contributed by atoms with van der Waals surface area (Å²) in [7, 11) is 0. The van der Waals surface area contributed by atoms with Crippen LogP contribution < -0.4 is 10.6 Å². The standard InChI is InChI=1S/C16H31N3O2/c1-5-9-17-15(21)18-14(20)12-19-10-6-7-13(8-11-19)16(2,3)4/h13H,5-12H2,1-4H3,(H2,17,18,20,21). The first-order valence-corrected chi connectivity index (χ1v) is 8.13. The second kappa shape index (κ2) is 8.37. The van der Waals surface area contributed by atoms with E-state index in [1.54, 1.807) is 0 Å². The molecule has 0 radical (unpaired) electrons. The lowest BCUT2D eigenvalue weighted by Gasteiger charge is -2.29. The fourth-order valence-electron chi connectivity index (χ4n) is 2.83. The third-order valence-electron chi connectivity index (χ3n) is 4.20. The van der Waals surface area contributed by atoms with Crippen molar-refractivity contribution in [3.05, 3.63) is 0 Å². The molecule has 122 valence electrons. The van der Waals surface area contributed by atoms with Crippen molar-refractivity contribution < 1.29 is 9.59 Å². The molecule has 0 aliphatic carbocycles. The molecule has 1 unspecified atom stereocenters. The topological polar surface area (TPSA) is 61.4 Å². The lowest BCUT2D eigenvalue weighted by Crippen LogP contribution is -2.45. The monoisotopic (exact) mass is 297 g/mol. The Kier molecular flexibility index (Phi) is 7.15. The molecular formula is C16H31N3O2. The van der Waals surface area contributed by atoms with Gasteiger partial charge in [-0.25, -0.2) is 4.79 Å². The van der Waals surface area contributed by atoms with Gasteiger partial charge < -0.3 is 5.32 Å². The zero-order valence-corrected chi connectivity index (χ0v) is 14.0. The zero-order chi connectivity index (χ0) is 15.9. The van der Waals surface area contributed by atoms with E-state index in [0.717, 1.165) is 32.4 Å². The van der Waals surface area contributed by atoms with Crippen molar-refractivity contribution in [2.45, 2.75) is 53.4 Å². The summed E-state index contributed by atoms with van der Waals surface area (Å²) in [6.07, 6.45) is 4.33. The summed E-state index contributed by atoms with van der Waals surface area (Å²) in [5.74, 6) is 0.497. The molecule has 0 bridgehead atoms. The average molecular weight is 297 g/mol. The van der Waals surface area contributed by atoms with Gasteiger partial charge in [-0.1, -0.05) is 27.7 Å². The van der Waals surface area contributed by atoms with Crippen LogP contribution in [-0.2, 0) is 4.79 Å². The molecule has 1 heterocycles. The number of rotatable bonds is 4. The Balaban J connectivity index is 2.35. The van der Waals surface area contributed by atoms with Crippen LogP contribution >= 0.6 is 0 Å². The Bertz CT molecular complexity index is 350. The maximum atomic E-state index is 11.9. The van der Waals surface area contributed by atoms with Gasteiger partial charge in [0.15, 0.2) is 0 Å². The number of imide groups is 1. The molecule has 0 aromatic heterocycles. The third kappa shape index (κ3) is 6.93. The predicted octanol–water partition coefficient (Wildman–Crippen LogP) is 2.37. The molecule has 3 amide bonds. The smallest absolute Gasteiger partial charge is 0.321 e. The fourth-order valence-corrected chi connectivity index (χ4v) is 2.83. The van der Waals surface area contributed by atoms with Crippen LogP contribution in [0.5, 0.6) is 0 Å². The van der Waals surface area contributed by atoms with E-state index in [2.05, 4.69) is 36.3 Å². The molecule has 1 aliphatic rings. The van der Waals surface area contributed by atoms with E-state index in [9.17, 15) is 9.59 Å². The summed E-state index contributed by atoms with van der Waals surface area (Å²) >= 11 is 0. The summed E-state index contributed by atoms with van der Waals surface area (Å²) in [4.78, 5) is 25.5. The van der Waals surface area contributed by atoms with Crippen LogP contribution in [0.3, 0.4) is 0 Å². The summed E-state index contributed by atoms with van der Waals surface area (Å²) in [6, 6.07) is -0.385. The van der Waals surface area contributed by atoms with Gasteiger partial charge in [0.1, 0.15) is 0 Å². The number of carbonyl (C=O) groups is 2. The SMILES string of the molecule is CCCNC(=O)NC(=O)CN1CCCC(C(C)(C)C)CC1. The van der Waals surface area contributed by atoms with Crippen molar-refractivity contribution >= 4 is 11.9 Å². The lowest BCUT2D eigenvalue weighted by molar-refractivity contribution is -0.121. The largest absolute Gasteiger partial charge is 0.338 e. The Morgan fingerprint density at radius 2 is 1.90 bits per heavy atom. The molecule has 1 saturated heterocycles. The van der Waals surface area contributed by atoms with E-state index in [1.165, 1.54) is 6.42 Å². The number of hydrogen-bond donors (Lipinski definition) is 2. The van der Waals surface area contributed by atoms with Gasteiger partial charge in [0, 0.05) is 6.54 Å². The van der Waals surface area contributed by atoms with Crippen LogP contribution in [0.4, 0.5) is 4.79 Å². The van der Waals surface area contributed by atoms with Crippen molar-refractivity contribution in [2.75, 3.05) is 26.2 Å². The summed E-state index contributed by atoms with van der Waals surface area (Å²) in [6.45, 7) is 11.6. The molecule has 1 atom stereocenters. The number of hydrogen-bond acceptors (Lipinski definition) is 3. The maximum Gasteiger partial charge on any atom is 0.321 e. The molecular weight excluding hydrogens is 266 g/mol. The summed E-state index contributed by atoms with van der Waals surface area (Å²) < 4.78 is 0. The van der Waals surface area contributed by atoms with Gasteiger partial charge in [-0.3, -0.25) is 15.0 Å². The van der Waals surface area contributed by atoms with Crippen LogP contribution in [-0.4, -0.2) is 43.0 Å². The molecule has 0 aromatic carbocycles. The average Bonchev–Trinajstić information content (AvgIpc) is 2.61. The molecule has 2 N–H and O–H groups in total. The van der Waals surface area contributed by atoms with Crippen LogP contribution in [0.2, 0.25) is 0 Å². The minimum atomic E-state index is -0.385.